The Bertz CT molecular complexity index is 1040. The van der Waals surface area contributed by atoms with Gasteiger partial charge in [-0.3, -0.25) is 14.5 Å². The summed E-state index contributed by atoms with van der Waals surface area (Å²) in [5.74, 6) is -0.792. The van der Waals surface area contributed by atoms with Crippen molar-refractivity contribution in [1.29, 1.82) is 0 Å². The van der Waals surface area contributed by atoms with Crippen LogP contribution < -0.4 is 20.3 Å². The molecule has 2 aromatic rings. The number of anilines is 2. The van der Waals surface area contributed by atoms with Gasteiger partial charge in [-0.05, 0) is 56.1 Å². The van der Waals surface area contributed by atoms with Crippen molar-refractivity contribution in [1.82, 2.24) is 15.1 Å². The number of carbonyl (C=O) groups is 2. The number of amides is 2. The Kier molecular flexibility index (Phi) is 8.25. The minimum atomic E-state index is -0.693. The molecule has 2 aliphatic rings. The molecule has 0 unspecified atom stereocenters. The van der Waals surface area contributed by atoms with Gasteiger partial charge in [0.1, 0.15) is 5.75 Å². The highest BCUT2D eigenvalue weighted by Gasteiger charge is 2.27. The van der Waals surface area contributed by atoms with Gasteiger partial charge in [-0.15, -0.1) is 0 Å². The first-order valence-electron chi connectivity index (χ1n) is 12.5. The number of para-hydroxylation sites is 2. The van der Waals surface area contributed by atoms with Gasteiger partial charge in [-0.25, -0.2) is 0 Å². The van der Waals surface area contributed by atoms with Crippen LogP contribution in [0.2, 0.25) is 0 Å². The molecule has 2 aromatic carbocycles. The van der Waals surface area contributed by atoms with Gasteiger partial charge in [-0.1, -0.05) is 24.3 Å². The van der Waals surface area contributed by atoms with Crippen molar-refractivity contribution in [3.8, 4) is 5.75 Å². The van der Waals surface area contributed by atoms with E-state index in [9.17, 15) is 9.59 Å². The second-order valence-corrected chi connectivity index (χ2v) is 9.36. The van der Waals surface area contributed by atoms with E-state index in [-0.39, 0.29) is 6.04 Å². The number of benzene rings is 2. The predicted octanol–water partition coefficient (Wildman–Crippen LogP) is 2.51. The number of piperazine rings is 1. The maximum absolute atomic E-state index is 12.8. The first-order chi connectivity index (χ1) is 17.0. The molecule has 0 radical (unpaired) electrons. The molecule has 35 heavy (non-hydrogen) atoms. The van der Waals surface area contributed by atoms with E-state index < -0.39 is 11.8 Å². The average Bonchev–Trinajstić information content (AvgIpc) is 2.86. The van der Waals surface area contributed by atoms with Crippen LogP contribution in [0.25, 0.3) is 0 Å². The zero-order chi connectivity index (χ0) is 24.8. The van der Waals surface area contributed by atoms with Crippen molar-refractivity contribution >= 4 is 23.2 Å². The third-order valence-corrected chi connectivity index (χ3v) is 6.92. The first-order valence-corrected chi connectivity index (χ1v) is 12.5. The predicted molar refractivity (Wildman–Crippen MR) is 139 cm³/mol. The van der Waals surface area contributed by atoms with Gasteiger partial charge in [0.25, 0.3) is 0 Å². The molecule has 1 atom stereocenters. The van der Waals surface area contributed by atoms with Gasteiger partial charge in [0.05, 0.1) is 18.3 Å². The molecule has 1 saturated heterocycles. The SMILES string of the molecule is CCOc1ccccc1NC(=O)C(=O)NC[C@@H](c1ccc2c(c1)CCCN2C)N1CCN(C)CC1. The first kappa shape index (κ1) is 25.0. The number of likely N-dealkylation sites (N-methyl/N-ethyl adjacent to an activating group) is 1. The number of aryl methyl sites for hydroxylation is 1. The van der Waals surface area contributed by atoms with E-state index in [0.717, 1.165) is 45.6 Å². The van der Waals surface area contributed by atoms with E-state index in [1.807, 2.05) is 13.0 Å². The van der Waals surface area contributed by atoms with Crippen LogP contribution in [0, 0.1) is 0 Å². The lowest BCUT2D eigenvalue weighted by molar-refractivity contribution is -0.136. The van der Waals surface area contributed by atoms with Crippen LogP contribution in [0.1, 0.15) is 30.5 Å². The van der Waals surface area contributed by atoms with Gasteiger partial charge in [0, 0.05) is 52.0 Å². The van der Waals surface area contributed by atoms with Gasteiger partial charge in [0.2, 0.25) is 0 Å². The zero-order valence-electron chi connectivity index (χ0n) is 21.0. The molecule has 188 valence electrons. The molecule has 4 rings (SSSR count). The molecule has 8 nitrogen and oxygen atoms in total. The number of rotatable bonds is 7. The second kappa shape index (κ2) is 11.6. The summed E-state index contributed by atoms with van der Waals surface area (Å²) in [6, 6.07) is 13.8. The lowest BCUT2D eigenvalue weighted by Gasteiger charge is -2.39. The van der Waals surface area contributed by atoms with Crippen molar-refractivity contribution in [3.05, 3.63) is 53.6 Å². The highest BCUT2D eigenvalue weighted by atomic mass is 16.5. The van der Waals surface area contributed by atoms with Crippen LogP contribution in [-0.4, -0.2) is 81.6 Å². The lowest BCUT2D eigenvalue weighted by Crippen LogP contribution is -2.49. The molecule has 8 heteroatoms. The summed E-state index contributed by atoms with van der Waals surface area (Å²) in [6.07, 6.45) is 2.21. The Morgan fingerprint density at radius 1 is 1.00 bits per heavy atom. The van der Waals surface area contributed by atoms with Gasteiger partial charge in [-0.2, -0.15) is 0 Å². The number of nitrogens with one attached hydrogen (secondary N) is 2. The normalized spacial score (nSPS) is 17.4. The summed E-state index contributed by atoms with van der Waals surface area (Å²) < 4.78 is 5.55. The molecule has 2 heterocycles. The molecule has 2 aliphatic heterocycles. The molecule has 2 amide bonds. The van der Waals surface area contributed by atoms with E-state index >= 15 is 0 Å². The number of hydrogen-bond donors (Lipinski definition) is 2. The highest BCUT2D eigenvalue weighted by molar-refractivity contribution is 6.39. The number of ether oxygens (including phenoxy) is 1. The smallest absolute Gasteiger partial charge is 0.313 e. The van der Waals surface area contributed by atoms with E-state index in [1.54, 1.807) is 18.2 Å². The highest BCUT2D eigenvalue weighted by Crippen LogP contribution is 2.31. The third-order valence-electron chi connectivity index (χ3n) is 6.92. The van der Waals surface area contributed by atoms with E-state index in [4.69, 9.17) is 4.74 Å². The van der Waals surface area contributed by atoms with Crippen LogP contribution in [0.5, 0.6) is 5.75 Å². The fourth-order valence-corrected chi connectivity index (χ4v) is 4.90. The van der Waals surface area contributed by atoms with E-state index in [1.165, 1.54) is 16.8 Å². The fraction of sp³-hybridized carbons (Fsp3) is 0.481. The Hall–Kier alpha value is -3.10. The number of fused-ring (bicyclic) bond motifs is 1. The lowest BCUT2D eigenvalue weighted by atomic mass is 9.95. The molecule has 2 N–H and O–H groups in total. The van der Waals surface area contributed by atoms with Crippen molar-refractivity contribution in [2.24, 2.45) is 0 Å². The molecule has 0 aliphatic carbocycles. The van der Waals surface area contributed by atoms with Crippen LogP contribution >= 0.6 is 0 Å². The van der Waals surface area contributed by atoms with Gasteiger partial charge in [0.15, 0.2) is 0 Å². The largest absolute Gasteiger partial charge is 0.492 e. The van der Waals surface area contributed by atoms with Gasteiger partial charge < -0.3 is 25.2 Å². The third kappa shape index (κ3) is 6.13. The monoisotopic (exact) mass is 479 g/mol. The molecule has 0 saturated carbocycles. The summed E-state index contributed by atoms with van der Waals surface area (Å²) >= 11 is 0. The summed E-state index contributed by atoms with van der Waals surface area (Å²) in [4.78, 5) is 32.5. The maximum atomic E-state index is 12.8. The summed E-state index contributed by atoms with van der Waals surface area (Å²) in [7, 11) is 4.27. The number of carbonyl (C=O) groups excluding carboxylic acids is 2. The molecule has 1 fully saturated rings. The van der Waals surface area contributed by atoms with Crippen LogP contribution in [0.15, 0.2) is 42.5 Å². The Morgan fingerprint density at radius 2 is 1.77 bits per heavy atom. The maximum Gasteiger partial charge on any atom is 0.313 e. The minimum absolute atomic E-state index is 0.00805. The molecule has 0 bridgehead atoms. The Labute approximate surface area is 208 Å². The molecular weight excluding hydrogens is 442 g/mol. The zero-order valence-corrected chi connectivity index (χ0v) is 21.0. The van der Waals surface area contributed by atoms with Crippen molar-refractivity contribution in [2.45, 2.75) is 25.8 Å². The van der Waals surface area contributed by atoms with Crippen LogP contribution in [-0.2, 0) is 16.0 Å². The fourth-order valence-electron chi connectivity index (χ4n) is 4.90. The number of hydrogen-bond acceptors (Lipinski definition) is 6. The molecule has 0 spiro atoms. The standard InChI is InChI=1S/C27H37N5O3/c1-4-35-25-10-6-5-9-22(25)29-27(34)26(33)28-19-24(32-16-14-30(2)15-17-32)21-11-12-23-20(18-21)8-7-13-31(23)3/h5-6,9-12,18,24H,4,7-8,13-17,19H2,1-3H3,(H,28,33)(H,29,34)/t24-/m0/s1. The number of nitrogens with zero attached hydrogens (tertiary/aromatic N) is 3. The molecular formula is C27H37N5O3. The summed E-state index contributed by atoms with van der Waals surface area (Å²) in [6.45, 7) is 7.60. The quantitative estimate of drug-likeness (QED) is 0.595. The van der Waals surface area contributed by atoms with E-state index in [0.29, 0.717) is 24.6 Å². The van der Waals surface area contributed by atoms with Crippen molar-refractivity contribution in [3.63, 3.8) is 0 Å². The Balaban J connectivity index is 1.47. The molecule has 0 aromatic heterocycles. The summed E-state index contributed by atoms with van der Waals surface area (Å²) in [5, 5.41) is 5.58. The van der Waals surface area contributed by atoms with E-state index in [2.05, 4.69) is 57.6 Å². The topological polar surface area (TPSA) is 77.1 Å². The average molecular weight is 480 g/mol. The summed E-state index contributed by atoms with van der Waals surface area (Å²) in [5.41, 5.74) is 4.32. The van der Waals surface area contributed by atoms with Crippen LogP contribution in [0.3, 0.4) is 0 Å². The van der Waals surface area contributed by atoms with Crippen LogP contribution in [0.4, 0.5) is 11.4 Å². The van der Waals surface area contributed by atoms with Gasteiger partial charge >= 0.3 is 11.8 Å². The van der Waals surface area contributed by atoms with Crippen molar-refractivity contribution < 1.29 is 14.3 Å². The minimum Gasteiger partial charge on any atom is -0.492 e. The second-order valence-electron chi connectivity index (χ2n) is 9.36. The Morgan fingerprint density at radius 3 is 2.54 bits per heavy atom. The van der Waals surface area contributed by atoms with Crippen molar-refractivity contribution in [2.75, 3.05) is 70.2 Å².